The number of nitrogens with two attached hydrogens (primary N) is 2. The van der Waals surface area contributed by atoms with Gasteiger partial charge in [0.25, 0.3) is 5.56 Å². The third-order valence-electron chi connectivity index (χ3n) is 6.74. The Kier molecular flexibility index (Phi) is 8.63. The fourth-order valence-electron chi connectivity index (χ4n) is 4.80. The average molecular weight is 695 g/mol. The van der Waals surface area contributed by atoms with Crippen molar-refractivity contribution in [1.29, 1.82) is 0 Å². The van der Waals surface area contributed by atoms with Crippen molar-refractivity contribution < 1.29 is 42.0 Å². The molecule has 4 aromatic rings. The molecule has 0 aromatic carbocycles. The van der Waals surface area contributed by atoms with Crippen LogP contribution in [-0.2, 0) is 39.4 Å². The lowest BCUT2D eigenvalue weighted by Crippen LogP contribution is -2.31. The monoisotopic (exact) mass is 694 g/mol. The number of aliphatic hydroxyl groups is 1. The van der Waals surface area contributed by atoms with Crippen molar-refractivity contribution in [3.05, 3.63) is 23.0 Å². The summed E-state index contributed by atoms with van der Waals surface area (Å²) in [6.45, 7) is -4.89. The summed E-state index contributed by atoms with van der Waals surface area (Å²) in [7, 11) is -2.25. The highest BCUT2D eigenvalue weighted by Crippen LogP contribution is 2.50. The number of halogens is 1. The van der Waals surface area contributed by atoms with E-state index in [4.69, 9.17) is 46.3 Å². The molecular formula is C19H23FN11O9P2S2+. The van der Waals surface area contributed by atoms with Crippen LogP contribution in [0.2, 0.25) is 0 Å². The van der Waals surface area contributed by atoms with Crippen molar-refractivity contribution in [2.45, 2.75) is 49.5 Å². The highest BCUT2D eigenvalue weighted by molar-refractivity contribution is 8.39. The molecule has 0 spiro atoms. The van der Waals surface area contributed by atoms with Gasteiger partial charge in [-0.3, -0.25) is 14.3 Å². The Morgan fingerprint density at radius 1 is 1.23 bits per heavy atom. The van der Waals surface area contributed by atoms with Crippen LogP contribution in [0.25, 0.3) is 22.3 Å². The first-order valence-corrected chi connectivity index (χ1v) is 17.5. The molecule has 2 aliphatic rings. The molecule has 4 aromatic heterocycles. The Morgan fingerprint density at radius 3 is 2.80 bits per heavy atom. The van der Waals surface area contributed by atoms with Crippen LogP contribution in [0.1, 0.15) is 18.9 Å². The second-order valence-corrected chi connectivity index (χ2v) is 14.1. The van der Waals surface area contributed by atoms with E-state index in [1.54, 1.807) is 0 Å². The van der Waals surface area contributed by atoms with Gasteiger partial charge in [-0.15, -0.1) is 9.62 Å². The number of anilines is 2. The molecule has 0 bridgehead atoms. The van der Waals surface area contributed by atoms with Gasteiger partial charge in [0.05, 0.1) is 19.0 Å². The van der Waals surface area contributed by atoms with Crippen molar-refractivity contribution in [2.75, 3.05) is 24.7 Å². The molecule has 25 heteroatoms. The smallest absolute Gasteiger partial charge is 0.387 e. The van der Waals surface area contributed by atoms with Crippen LogP contribution in [0.3, 0.4) is 0 Å². The first-order valence-electron chi connectivity index (χ1n) is 12.5. The lowest BCUT2D eigenvalue weighted by atomic mass is 10.1. The number of alkyl halides is 1. The second-order valence-electron chi connectivity index (χ2n) is 9.57. The molecule has 20 nitrogen and oxygen atoms in total. The van der Waals surface area contributed by atoms with Crippen LogP contribution in [0, 0.1) is 0 Å². The predicted molar refractivity (Wildman–Crippen MR) is 153 cm³/mol. The Balaban J connectivity index is 1.17. The van der Waals surface area contributed by atoms with Gasteiger partial charge in [0.2, 0.25) is 5.95 Å². The van der Waals surface area contributed by atoms with E-state index in [0.29, 0.717) is 0 Å². The summed E-state index contributed by atoms with van der Waals surface area (Å²) in [6.07, 6.45) is -6.89. The number of aliphatic hydroxyl groups excluding tert-OH is 1. The minimum absolute atomic E-state index is 0.0189. The van der Waals surface area contributed by atoms with Gasteiger partial charge in [0, 0.05) is 6.42 Å². The molecule has 0 aliphatic carbocycles. The molecular weight excluding hydrogens is 671 g/mol. The number of ether oxygens (including phenoxy) is 2. The van der Waals surface area contributed by atoms with Crippen molar-refractivity contribution >= 4 is 72.1 Å². The van der Waals surface area contributed by atoms with E-state index < -0.39 is 69.2 Å². The summed E-state index contributed by atoms with van der Waals surface area (Å²) < 4.78 is 56.8. The minimum atomic E-state index is -4.14. The molecule has 2 aliphatic heterocycles. The Bertz CT molecular complexity index is 1830. The standard InChI is InChI=1S/C19H22FN11O9P2S2/c20-9-12(32)8(39-18(9)31-14-10(28-29-31)13(21)23-4-24-14)3-37-42(35,44)40-7-1-6(2-36-41(34)43)38-17(7)30-5-25-11-15(30)26-19(22)27-16(11)33/h4-9,12,17-18,32H,1-3H2,(H6-,21,22,23,24,26,27,29,33,34,35,43,44)/p+1/t6-,7?,8+,9?,12-,17+,18+,42?/m0/s1. The summed E-state index contributed by atoms with van der Waals surface area (Å²) in [4.78, 5) is 41.5. The van der Waals surface area contributed by atoms with Gasteiger partial charge in [0.1, 0.15) is 43.5 Å². The number of rotatable bonds is 10. The summed E-state index contributed by atoms with van der Waals surface area (Å²) in [5.74, 6) is -0.165. The largest absolute Gasteiger partial charge is 0.582 e. The molecule has 4 unspecified atom stereocenters. The van der Waals surface area contributed by atoms with Gasteiger partial charge >= 0.3 is 13.9 Å². The molecule has 0 radical (unpaired) electrons. The van der Waals surface area contributed by atoms with Gasteiger partial charge in [-0.2, -0.15) is 9.67 Å². The van der Waals surface area contributed by atoms with E-state index in [2.05, 4.69) is 47.5 Å². The fraction of sp³-hybridized carbons (Fsp3) is 0.526. The van der Waals surface area contributed by atoms with E-state index in [1.807, 2.05) is 0 Å². The zero-order valence-corrected chi connectivity index (χ0v) is 25.4. The van der Waals surface area contributed by atoms with Gasteiger partial charge in [0.15, 0.2) is 46.8 Å². The normalized spacial score (nSPS) is 29.0. The number of hydrogen-bond acceptors (Lipinski definition) is 17. The van der Waals surface area contributed by atoms with Crippen LogP contribution in [0.5, 0.6) is 0 Å². The molecule has 236 valence electrons. The summed E-state index contributed by atoms with van der Waals surface area (Å²) in [6, 6.07) is 0. The Morgan fingerprint density at radius 2 is 2.02 bits per heavy atom. The third-order valence-corrected chi connectivity index (χ3v) is 9.04. The average Bonchev–Trinajstić information content (AvgIpc) is 3.73. The van der Waals surface area contributed by atoms with Gasteiger partial charge < -0.3 is 40.0 Å². The molecule has 2 fully saturated rings. The topological polar surface area (TPSA) is 276 Å². The Hall–Kier alpha value is -2.82. The zero-order chi connectivity index (χ0) is 31.3. The Labute approximate surface area is 255 Å². The first kappa shape index (κ1) is 31.2. The summed E-state index contributed by atoms with van der Waals surface area (Å²) in [5, 5.41) is 18.2. The number of fused-ring (bicyclic) bond motifs is 2. The van der Waals surface area contributed by atoms with Gasteiger partial charge in [-0.1, -0.05) is 5.21 Å². The zero-order valence-electron chi connectivity index (χ0n) is 21.9. The first-order chi connectivity index (χ1) is 20.9. The van der Waals surface area contributed by atoms with Crippen LogP contribution < -0.4 is 17.0 Å². The number of nitrogen functional groups attached to an aromatic ring is 2. The van der Waals surface area contributed by atoms with Crippen LogP contribution in [-0.4, -0.2) is 98.3 Å². The summed E-state index contributed by atoms with van der Waals surface area (Å²) in [5.41, 5.74) is 11.1. The quantitative estimate of drug-likeness (QED) is 0.0912. The minimum Gasteiger partial charge on any atom is -0.387 e. The molecule has 0 amide bonds. The van der Waals surface area contributed by atoms with Crippen molar-refractivity contribution in [3.8, 4) is 0 Å². The maximum Gasteiger partial charge on any atom is 0.582 e. The molecule has 2 saturated heterocycles. The van der Waals surface area contributed by atoms with Crippen molar-refractivity contribution in [3.63, 3.8) is 0 Å². The SMILES string of the molecule is Nc1nc2c(ncn2[C@@H]2O[C@H](CO[P+](=O)S)CC2OP(O)(=S)OC[C@H]2O[C@@H](n3nnc4c(N)ncnc43)C(F)[C@H]2O)c(=O)[nH]1. The van der Waals surface area contributed by atoms with Crippen molar-refractivity contribution in [2.24, 2.45) is 0 Å². The van der Waals surface area contributed by atoms with Crippen LogP contribution >= 0.6 is 26.2 Å². The maximum atomic E-state index is 15.1. The highest BCUT2D eigenvalue weighted by atomic mass is 32.7. The number of imidazole rings is 1. The van der Waals surface area contributed by atoms with Crippen molar-refractivity contribution in [1.82, 2.24) is 44.5 Å². The molecule has 9 atom stereocenters. The van der Waals surface area contributed by atoms with E-state index in [0.717, 1.165) is 11.0 Å². The van der Waals surface area contributed by atoms with E-state index in [-0.39, 0.29) is 47.1 Å². The number of thiol groups is 1. The van der Waals surface area contributed by atoms with Gasteiger partial charge in [-0.25, -0.2) is 19.3 Å². The maximum absolute atomic E-state index is 15.1. The number of aromatic nitrogens is 9. The number of H-pyrrole nitrogens is 1. The van der Waals surface area contributed by atoms with Gasteiger partial charge in [-0.05, 0) is 16.4 Å². The van der Waals surface area contributed by atoms with E-state index >= 15 is 4.39 Å². The summed E-state index contributed by atoms with van der Waals surface area (Å²) >= 11 is 8.92. The lowest BCUT2D eigenvalue weighted by Gasteiger charge is -2.25. The molecule has 7 N–H and O–H groups in total. The lowest BCUT2D eigenvalue weighted by molar-refractivity contribution is -0.0565. The second kappa shape index (κ2) is 12.2. The number of aromatic amines is 1. The highest BCUT2D eigenvalue weighted by Gasteiger charge is 2.48. The molecule has 44 heavy (non-hydrogen) atoms. The van der Waals surface area contributed by atoms with E-state index in [1.165, 1.54) is 10.9 Å². The number of nitrogens with zero attached hydrogens (tertiary/aromatic N) is 8. The predicted octanol–water partition coefficient (Wildman–Crippen LogP) is -0.375. The molecule has 6 rings (SSSR count). The number of nitrogens with one attached hydrogen (secondary N) is 1. The fourth-order valence-corrected chi connectivity index (χ4v) is 6.74. The molecule has 6 heterocycles. The third kappa shape index (κ3) is 6.05. The van der Waals surface area contributed by atoms with E-state index in [9.17, 15) is 19.4 Å². The van der Waals surface area contributed by atoms with Crippen LogP contribution in [0.15, 0.2) is 17.4 Å². The molecule has 0 saturated carbocycles. The number of hydrogen-bond donors (Lipinski definition) is 6. The van der Waals surface area contributed by atoms with Crippen LogP contribution in [0.4, 0.5) is 16.2 Å².